The van der Waals surface area contributed by atoms with E-state index < -0.39 is 6.09 Å². The minimum Gasteiger partial charge on any atom is -0.465 e. The van der Waals surface area contributed by atoms with Gasteiger partial charge in [-0.25, -0.2) is 9.48 Å². The van der Waals surface area contributed by atoms with Crippen LogP contribution in [0.4, 0.5) is 4.79 Å². The fourth-order valence-electron chi connectivity index (χ4n) is 4.78. The zero-order valence-corrected chi connectivity index (χ0v) is 22.0. The van der Waals surface area contributed by atoms with Gasteiger partial charge in [0.2, 0.25) is 0 Å². The molecule has 9 nitrogen and oxygen atoms in total. The van der Waals surface area contributed by atoms with Gasteiger partial charge in [-0.05, 0) is 65.0 Å². The van der Waals surface area contributed by atoms with E-state index in [1.807, 2.05) is 25.6 Å². The Labute approximate surface area is 210 Å². The Morgan fingerprint density at radius 1 is 1.23 bits per heavy atom. The predicted molar refractivity (Wildman–Crippen MR) is 135 cm³/mol. The van der Waals surface area contributed by atoms with Crippen LogP contribution in [-0.2, 0) is 20.8 Å². The number of aromatic nitrogens is 2. The summed E-state index contributed by atoms with van der Waals surface area (Å²) < 4.78 is 19.7. The smallest absolute Gasteiger partial charge is 0.407 e. The number of rotatable bonds is 13. The first kappa shape index (κ1) is 27.6. The number of allylic oxidation sites excluding steroid dienone is 2. The lowest BCUT2D eigenvalue weighted by Crippen LogP contribution is -2.34. The van der Waals surface area contributed by atoms with Gasteiger partial charge >= 0.3 is 6.09 Å². The monoisotopic (exact) mass is 492 g/mol. The first-order chi connectivity index (χ1) is 16.9. The van der Waals surface area contributed by atoms with Crippen molar-refractivity contribution < 1.29 is 24.1 Å². The average Bonchev–Trinajstić information content (AvgIpc) is 3.29. The predicted octanol–water partition coefficient (Wildman–Crippen LogP) is 4.25. The third-order valence-electron chi connectivity index (χ3n) is 7.08. The van der Waals surface area contributed by atoms with Gasteiger partial charge in [-0.15, -0.1) is 0 Å². The van der Waals surface area contributed by atoms with E-state index in [4.69, 9.17) is 24.4 Å². The molecule has 0 spiro atoms. The molecule has 1 atom stereocenters. The van der Waals surface area contributed by atoms with Crippen molar-refractivity contribution in [1.29, 1.82) is 0 Å². The molecule has 1 aromatic rings. The first-order valence-corrected chi connectivity index (χ1v) is 13.0. The molecule has 9 heteroatoms. The normalized spacial score (nSPS) is 20.1. The quantitative estimate of drug-likeness (QED) is 0.440. The minimum atomic E-state index is -0.906. The molecule has 0 bridgehead atoms. The Bertz CT molecular complexity index is 826. The van der Waals surface area contributed by atoms with Gasteiger partial charge in [0.15, 0.2) is 0 Å². The third-order valence-corrected chi connectivity index (χ3v) is 7.08. The van der Waals surface area contributed by atoms with Gasteiger partial charge in [0.05, 0.1) is 18.9 Å². The highest BCUT2D eigenvalue weighted by molar-refractivity contribution is 5.66. The molecule has 3 rings (SSSR count). The number of hydrogen-bond acceptors (Lipinski definition) is 6. The lowest BCUT2D eigenvalue weighted by atomic mass is 9.75. The Balaban J connectivity index is 1.79. The number of likely N-dealkylation sites (N-methyl/N-ethyl adjacent to an activating group) is 2. The molecule has 0 radical (unpaired) electrons. The van der Waals surface area contributed by atoms with Crippen LogP contribution in [0, 0.1) is 5.41 Å². The zero-order chi connectivity index (χ0) is 25.3. The number of carbonyl (C=O) groups is 1. The van der Waals surface area contributed by atoms with E-state index in [9.17, 15) is 4.79 Å². The van der Waals surface area contributed by atoms with Gasteiger partial charge in [0, 0.05) is 63.7 Å². The lowest BCUT2D eigenvalue weighted by molar-refractivity contribution is -0.0396. The maximum atomic E-state index is 11.1. The molecule has 1 aromatic heterocycles. The number of ether oxygens (including phenoxy) is 3. The van der Waals surface area contributed by atoms with E-state index in [-0.39, 0.29) is 11.6 Å². The fourth-order valence-corrected chi connectivity index (χ4v) is 4.78. The summed E-state index contributed by atoms with van der Waals surface area (Å²) in [7, 11) is 3.63. The van der Waals surface area contributed by atoms with E-state index in [1.54, 1.807) is 7.05 Å². The fraction of sp³-hybridized carbons (Fsp3) is 0.769. The van der Waals surface area contributed by atoms with E-state index in [0.29, 0.717) is 46.1 Å². The Morgan fingerprint density at radius 2 is 1.97 bits per heavy atom. The van der Waals surface area contributed by atoms with Crippen LogP contribution < -0.4 is 0 Å². The summed E-state index contributed by atoms with van der Waals surface area (Å²) in [5.74, 6) is 0. The number of carboxylic acid groups (broad SMARTS) is 1. The molecule has 1 aliphatic heterocycles. The van der Waals surface area contributed by atoms with Crippen LogP contribution in [0.1, 0.15) is 69.9 Å². The van der Waals surface area contributed by atoms with Crippen LogP contribution in [0.2, 0.25) is 0 Å². The average molecular weight is 493 g/mol. The number of hydrogen-bond donors (Lipinski definition) is 1. The molecule has 1 fully saturated rings. The van der Waals surface area contributed by atoms with E-state index in [1.165, 1.54) is 10.5 Å². The van der Waals surface area contributed by atoms with E-state index in [2.05, 4.69) is 17.2 Å². The van der Waals surface area contributed by atoms with Crippen molar-refractivity contribution in [3.63, 3.8) is 0 Å². The van der Waals surface area contributed by atoms with Crippen LogP contribution in [0.15, 0.2) is 12.3 Å². The van der Waals surface area contributed by atoms with Crippen LogP contribution >= 0.6 is 0 Å². The van der Waals surface area contributed by atoms with Crippen LogP contribution in [0.3, 0.4) is 0 Å². The van der Waals surface area contributed by atoms with Gasteiger partial charge in [-0.2, -0.15) is 5.10 Å². The Hall–Kier alpha value is -1.94. The van der Waals surface area contributed by atoms with Crippen molar-refractivity contribution >= 4 is 11.7 Å². The van der Waals surface area contributed by atoms with E-state index in [0.717, 1.165) is 56.4 Å². The second-order valence-corrected chi connectivity index (χ2v) is 9.95. The number of amides is 1. The van der Waals surface area contributed by atoms with Crippen molar-refractivity contribution in [2.75, 3.05) is 60.2 Å². The second kappa shape index (κ2) is 13.4. The largest absolute Gasteiger partial charge is 0.465 e. The molecule has 198 valence electrons. The van der Waals surface area contributed by atoms with Gasteiger partial charge in [-0.1, -0.05) is 6.08 Å². The lowest BCUT2D eigenvalue weighted by Gasteiger charge is -2.36. The van der Waals surface area contributed by atoms with Crippen molar-refractivity contribution in [3.05, 3.63) is 23.5 Å². The van der Waals surface area contributed by atoms with Crippen LogP contribution in [0.5, 0.6) is 0 Å². The maximum Gasteiger partial charge on any atom is 0.407 e. The van der Waals surface area contributed by atoms with E-state index >= 15 is 0 Å². The second-order valence-electron chi connectivity index (χ2n) is 9.95. The van der Waals surface area contributed by atoms with Crippen molar-refractivity contribution in [1.82, 2.24) is 19.6 Å². The summed E-state index contributed by atoms with van der Waals surface area (Å²) >= 11 is 0. The molecule has 1 amide bonds. The van der Waals surface area contributed by atoms with Gasteiger partial charge in [0.25, 0.3) is 0 Å². The third kappa shape index (κ3) is 7.77. The molecule has 1 aliphatic carbocycles. The number of nitrogens with zero attached hydrogens (tertiary/aromatic N) is 4. The summed E-state index contributed by atoms with van der Waals surface area (Å²) in [5, 5.41) is 14.2. The minimum absolute atomic E-state index is 0.0149. The van der Waals surface area contributed by atoms with Crippen LogP contribution in [-0.4, -0.2) is 91.0 Å². The summed E-state index contributed by atoms with van der Waals surface area (Å²) in [4.78, 5) is 14.6. The SMILES string of the molecule is CCOCC1(COCC)CC=C(c2nn(C3CCCCO3)cc2CN(C)CCN(C)C(=O)O)CC1. The molecule has 35 heavy (non-hydrogen) atoms. The standard InChI is InChI=1S/C26H44N4O5/c1-5-33-19-26(20-34-6-2)12-10-21(11-13-26)24-22(17-28(3)14-15-29(4)25(31)32)18-30(27-24)23-9-7-8-16-35-23/h10,18,23H,5-9,11-17,19-20H2,1-4H3,(H,31,32). The molecule has 1 N–H and O–H groups in total. The van der Waals surface area contributed by atoms with Crippen molar-refractivity contribution in [3.8, 4) is 0 Å². The highest BCUT2D eigenvalue weighted by Gasteiger charge is 2.34. The maximum absolute atomic E-state index is 11.1. The molecule has 2 aliphatic rings. The topological polar surface area (TPSA) is 89.3 Å². The molecule has 0 saturated carbocycles. The van der Waals surface area contributed by atoms with Gasteiger partial charge < -0.3 is 29.1 Å². The molecule has 0 aromatic carbocycles. The van der Waals surface area contributed by atoms with Crippen molar-refractivity contribution in [2.24, 2.45) is 5.41 Å². The molecular formula is C26H44N4O5. The zero-order valence-electron chi connectivity index (χ0n) is 22.0. The summed E-state index contributed by atoms with van der Waals surface area (Å²) in [6.45, 7) is 9.51. The molecule has 1 saturated heterocycles. The van der Waals surface area contributed by atoms with Gasteiger partial charge in [-0.3, -0.25) is 0 Å². The van der Waals surface area contributed by atoms with Crippen LogP contribution in [0.25, 0.3) is 5.57 Å². The summed E-state index contributed by atoms with van der Waals surface area (Å²) in [6.07, 6.45) is 9.61. The first-order valence-electron chi connectivity index (χ1n) is 13.0. The summed E-state index contributed by atoms with van der Waals surface area (Å²) in [5.41, 5.74) is 3.49. The summed E-state index contributed by atoms with van der Waals surface area (Å²) in [6, 6.07) is 0. The van der Waals surface area contributed by atoms with Gasteiger partial charge in [0.1, 0.15) is 6.23 Å². The Kier molecular flexibility index (Phi) is 10.6. The molecule has 1 unspecified atom stereocenters. The molecule has 2 heterocycles. The molecular weight excluding hydrogens is 448 g/mol. The highest BCUT2D eigenvalue weighted by Crippen LogP contribution is 2.40. The Morgan fingerprint density at radius 3 is 2.54 bits per heavy atom. The van der Waals surface area contributed by atoms with Crippen molar-refractivity contribution in [2.45, 2.75) is 65.1 Å². The highest BCUT2D eigenvalue weighted by atomic mass is 16.5.